The number of ether oxygens (including phenoxy) is 1. The van der Waals surface area contributed by atoms with Crippen molar-refractivity contribution in [3.05, 3.63) is 42.1 Å². The first-order valence-corrected chi connectivity index (χ1v) is 4.73. The zero-order chi connectivity index (χ0) is 11.3. The van der Waals surface area contributed by atoms with Crippen molar-refractivity contribution in [2.75, 3.05) is 19.1 Å². The molecule has 0 aliphatic rings. The van der Waals surface area contributed by atoms with Gasteiger partial charge in [-0.1, -0.05) is 12.1 Å². The first-order chi connectivity index (χ1) is 7.19. The Hall–Kier alpha value is -1.77. The van der Waals surface area contributed by atoms with Crippen LogP contribution < -0.4 is 4.90 Å². The molecule has 0 amide bonds. The summed E-state index contributed by atoms with van der Waals surface area (Å²) in [5, 5.41) is 0. The summed E-state index contributed by atoms with van der Waals surface area (Å²) in [6, 6.07) is 7.30. The van der Waals surface area contributed by atoms with Crippen LogP contribution in [0.4, 0.5) is 5.69 Å². The second kappa shape index (κ2) is 5.20. The van der Waals surface area contributed by atoms with E-state index in [2.05, 4.69) is 4.74 Å². The molecule has 3 nitrogen and oxygen atoms in total. The zero-order valence-electron chi connectivity index (χ0n) is 9.23. The third-order valence-corrected chi connectivity index (χ3v) is 2.05. The lowest BCUT2D eigenvalue weighted by Crippen LogP contribution is -2.09. The largest absolute Gasteiger partial charge is 0.465 e. The summed E-state index contributed by atoms with van der Waals surface area (Å²) in [6.07, 6.45) is 3.86. The van der Waals surface area contributed by atoms with Crippen LogP contribution in [-0.4, -0.2) is 20.1 Å². The minimum atomic E-state index is -0.314. The van der Waals surface area contributed by atoms with Crippen LogP contribution >= 0.6 is 0 Å². The number of esters is 1. The maximum atomic E-state index is 11.3. The normalized spacial score (nSPS) is 10.3. The van der Waals surface area contributed by atoms with Gasteiger partial charge in [0.05, 0.1) is 12.7 Å². The fraction of sp³-hybridized carbons (Fsp3) is 0.250. The first-order valence-electron chi connectivity index (χ1n) is 4.73. The third-order valence-electron chi connectivity index (χ3n) is 2.05. The molecule has 3 heteroatoms. The lowest BCUT2D eigenvalue weighted by atomic mass is 10.2. The van der Waals surface area contributed by atoms with Gasteiger partial charge in [0.2, 0.25) is 0 Å². The van der Waals surface area contributed by atoms with Crippen LogP contribution in [0.25, 0.3) is 0 Å². The predicted octanol–water partition coefficient (Wildman–Crippen LogP) is 2.44. The lowest BCUT2D eigenvalue weighted by molar-refractivity contribution is 0.0601. The number of rotatable bonds is 3. The number of anilines is 1. The molecule has 0 radical (unpaired) electrons. The summed E-state index contributed by atoms with van der Waals surface area (Å²) in [5.74, 6) is -0.314. The third kappa shape index (κ3) is 2.84. The van der Waals surface area contributed by atoms with Crippen molar-refractivity contribution in [3.63, 3.8) is 0 Å². The van der Waals surface area contributed by atoms with Crippen molar-refractivity contribution in [2.24, 2.45) is 0 Å². The van der Waals surface area contributed by atoms with Crippen LogP contribution in [0, 0.1) is 0 Å². The number of methoxy groups -OCH3 is 1. The summed E-state index contributed by atoms with van der Waals surface area (Å²) in [7, 11) is 3.31. The first kappa shape index (κ1) is 11.3. The van der Waals surface area contributed by atoms with Crippen molar-refractivity contribution < 1.29 is 9.53 Å². The Morgan fingerprint density at radius 3 is 2.80 bits per heavy atom. The Balaban J connectivity index is 2.97. The van der Waals surface area contributed by atoms with Crippen molar-refractivity contribution in [2.45, 2.75) is 6.92 Å². The van der Waals surface area contributed by atoms with E-state index in [0.717, 1.165) is 5.69 Å². The van der Waals surface area contributed by atoms with Crippen LogP contribution in [0.5, 0.6) is 0 Å². The molecule has 0 aliphatic carbocycles. The highest BCUT2D eigenvalue weighted by Crippen LogP contribution is 2.15. The van der Waals surface area contributed by atoms with E-state index < -0.39 is 0 Å². The number of hydrogen-bond acceptors (Lipinski definition) is 3. The zero-order valence-corrected chi connectivity index (χ0v) is 9.23. The fourth-order valence-electron chi connectivity index (χ4n) is 1.28. The number of carbonyl (C=O) groups excluding carboxylic acids is 1. The van der Waals surface area contributed by atoms with Crippen molar-refractivity contribution in [1.82, 2.24) is 0 Å². The number of hydrogen-bond donors (Lipinski definition) is 0. The van der Waals surface area contributed by atoms with Gasteiger partial charge in [-0.15, -0.1) is 0 Å². The average molecular weight is 205 g/mol. The monoisotopic (exact) mass is 205 g/mol. The highest BCUT2D eigenvalue weighted by Gasteiger charge is 2.06. The van der Waals surface area contributed by atoms with Gasteiger partial charge in [0.25, 0.3) is 0 Å². The molecule has 1 aromatic rings. The average Bonchev–Trinajstić information content (AvgIpc) is 2.28. The Morgan fingerprint density at radius 1 is 1.47 bits per heavy atom. The van der Waals surface area contributed by atoms with Gasteiger partial charge >= 0.3 is 5.97 Å². The molecule has 0 saturated heterocycles. The van der Waals surface area contributed by atoms with Gasteiger partial charge < -0.3 is 9.64 Å². The number of nitrogens with zero attached hydrogens (tertiary/aromatic N) is 1. The second-order valence-corrected chi connectivity index (χ2v) is 3.14. The highest BCUT2D eigenvalue weighted by molar-refractivity contribution is 5.90. The number of benzene rings is 1. The van der Waals surface area contributed by atoms with E-state index in [9.17, 15) is 4.79 Å². The Kier molecular flexibility index (Phi) is 3.92. The van der Waals surface area contributed by atoms with E-state index in [1.807, 2.05) is 43.3 Å². The molecule has 0 bridgehead atoms. The molecule has 0 saturated carbocycles. The Morgan fingerprint density at radius 2 is 2.20 bits per heavy atom. The molecule has 0 fully saturated rings. The molecule has 15 heavy (non-hydrogen) atoms. The molecular formula is C12H15NO2. The van der Waals surface area contributed by atoms with Crippen LogP contribution in [0.15, 0.2) is 36.5 Å². The molecule has 0 atom stereocenters. The van der Waals surface area contributed by atoms with E-state index >= 15 is 0 Å². The molecular weight excluding hydrogens is 190 g/mol. The predicted molar refractivity (Wildman–Crippen MR) is 61.0 cm³/mol. The Bertz CT molecular complexity index is 372. The smallest absolute Gasteiger partial charge is 0.337 e. The van der Waals surface area contributed by atoms with Gasteiger partial charge in [-0.05, 0) is 31.3 Å². The maximum absolute atomic E-state index is 11.3. The van der Waals surface area contributed by atoms with E-state index in [4.69, 9.17) is 0 Å². The van der Waals surface area contributed by atoms with Gasteiger partial charge in [-0.2, -0.15) is 0 Å². The molecule has 1 rings (SSSR count). The van der Waals surface area contributed by atoms with Crippen molar-refractivity contribution in [3.8, 4) is 0 Å². The molecule has 1 aromatic carbocycles. The number of allylic oxidation sites excluding steroid dienone is 1. The van der Waals surface area contributed by atoms with E-state index in [-0.39, 0.29) is 5.97 Å². The minimum absolute atomic E-state index is 0.314. The van der Waals surface area contributed by atoms with Gasteiger partial charge in [0, 0.05) is 12.7 Å². The van der Waals surface area contributed by atoms with Crippen molar-refractivity contribution in [1.29, 1.82) is 0 Å². The molecule has 0 aliphatic heterocycles. The van der Waals surface area contributed by atoms with Gasteiger partial charge in [0.1, 0.15) is 0 Å². The summed E-state index contributed by atoms with van der Waals surface area (Å²) >= 11 is 0. The van der Waals surface area contributed by atoms with Gasteiger partial charge in [0.15, 0.2) is 0 Å². The van der Waals surface area contributed by atoms with Crippen LogP contribution in [0.3, 0.4) is 0 Å². The summed E-state index contributed by atoms with van der Waals surface area (Å²) in [5.41, 5.74) is 1.52. The molecule has 0 unspecified atom stereocenters. The number of carbonyl (C=O) groups is 1. The molecule has 0 heterocycles. The molecule has 0 spiro atoms. The van der Waals surface area contributed by atoms with E-state index in [1.165, 1.54) is 7.11 Å². The van der Waals surface area contributed by atoms with Crippen LogP contribution in [0.1, 0.15) is 17.3 Å². The minimum Gasteiger partial charge on any atom is -0.465 e. The Labute approximate surface area is 90.0 Å². The SMILES string of the molecule is CC=CN(C)c1cccc(C(=O)OC)c1. The maximum Gasteiger partial charge on any atom is 0.337 e. The van der Waals surface area contributed by atoms with E-state index in [1.54, 1.807) is 12.1 Å². The van der Waals surface area contributed by atoms with E-state index in [0.29, 0.717) is 5.56 Å². The standard InChI is InChI=1S/C12H15NO2/c1-4-8-13(2)11-7-5-6-10(9-11)12(14)15-3/h4-9H,1-3H3. The quantitative estimate of drug-likeness (QED) is 0.710. The fourth-order valence-corrected chi connectivity index (χ4v) is 1.28. The van der Waals surface area contributed by atoms with Gasteiger partial charge in [-0.25, -0.2) is 4.79 Å². The van der Waals surface area contributed by atoms with Crippen LogP contribution in [0.2, 0.25) is 0 Å². The lowest BCUT2D eigenvalue weighted by Gasteiger charge is -2.14. The topological polar surface area (TPSA) is 29.5 Å². The summed E-state index contributed by atoms with van der Waals surface area (Å²) in [6.45, 7) is 1.95. The van der Waals surface area contributed by atoms with Crippen LogP contribution in [-0.2, 0) is 4.74 Å². The molecule has 80 valence electrons. The molecule has 0 N–H and O–H groups in total. The second-order valence-electron chi connectivity index (χ2n) is 3.14. The summed E-state index contributed by atoms with van der Waals surface area (Å²) < 4.78 is 4.66. The highest BCUT2D eigenvalue weighted by atomic mass is 16.5. The molecule has 0 aromatic heterocycles. The van der Waals surface area contributed by atoms with Crippen molar-refractivity contribution >= 4 is 11.7 Å². The van der Waals surface area contributed by atoms with Gasteiger partial charge in [-0.3, -0.25) is 0 Å². The summed E-state index contributed by atoms with van der Waals surface area (Å²) in [4.78, 5) is 13.2.